The average Bonchev–Trinajstić information content (AvgIpc) is 2.84. The molecule has 84 valence electrons. The molecular weight excluding hydrogens is 196 g/mol. The number of nitrogens with zero attached hydrogens (tertiary/aromatic N) is 1. The van der Waals surface area contributed by atoms with E-state index in [1.807, 2.05) is 0 Å². The Kier molecular flexibility index (Phi) is 3.02. The van der Waals surface area contributed by atoms with Crippen molar-refractivity contribution in [1.82, 2.24) is 10.2 Å². The maximum atomic E-state index is 12.0. The van der Waals surface area contributed by atoms with Crippen molar-refractivity contribution in [1.29, 1.82) is 0 Å². The summed E-state index contributed by atoms with van der Waals surface area (Å²) in [6, 6.07) is -0.590. The summed E-state index contributed by atoms with van der Waals surface area (Å²) >= 11 is 0. The summed E-state index contributed by atoms with van der Waals surface area (Å²) in [5, 5.41) is 12.5. The van der Waals surface area contributed by atoms with Gasteiger partial charge in [-0.1, -0.05) is 0 Å². The Morgan fingerprint density at radius 1 is 1.53 bits per heavy atom. The lowest BCUT2D eigenvalue weighted by Gasteiger charge is -2.23. The standard InChI is InChI=1S/C10H16N2O3/c13-6-7-4-8(14)5-12(7)10(15)9-2-1-3-11-9/h6-9,11,14H,1-5H2/t7-,8?,9-/m1/s1. The third-order valence-electron chi connectivity index (χ3n) is 3.12. The Morgan fingerprint density at radius 3 is 2.93 bits per heavy atom. The number of hydrogen-bond donors (Lipinski definition) is 2. The number of hydrogen-bond acceptors (Lipinski definition) is 4. The van der Waals surface area contributed by atoms with Gasteiger partial charge in [0, 0.05) is 13.0 Å². The molecule has 2 rings (SSSR count). The lowest BCUT2D eigenvalue weighted by Crippen LogP contribution is -2.46. The van der Waals surface area contributed by atoms with E-state index in [9.17, 15) is 14.7 Å². The molecule has 1 amide bonds. The molecule has 15 heavy (non-hydrogen) atoms. The van der Waals surface area contributed by atoms with E-state index in [1.165, 1.54) is 4.90 Å². The highest BCUT2D eigenvalue weighted by molar-refractivity contribution is 5.85. The second-order valence-corrected chi connectivity index (χ2v) is 4.23. The summed E-state index contributed by atoms with van der Waals surface area (Å²) in [6.45, 7) is 1.15. The maximum absolute atomic E-state index is 12.0. The van der Waals surface area contributed by atoms with Gasteiger partial charge < -0.3 is 20.1 Å². The fourth-order valence-electron chi connectivity index (χ4n) is 2.32. The Labute approximate surface area is 88.4 Å². The molecule has 2 aliphatic heterocycles. The molecule has 0 aromatic rings. The van der Waals surface area contributed by atoms with Crippen molar-refractivity contribution in [2.45, 2.75) is 37.5 Å². The van der Waals surface area contributed by atoms with Crippen LogP contribution in [0.5, 0.6) is 0 Å². The first kappa shape index (κ1) is 10.6. The van der Waals surface area contributed by atoms with Gasteiger partial charge in [-0.2, -0.15) is 0 Å². The highest BCUT2D eigenvalue weighted by Crippen LogP contribution is 2.19. The van der Waals surface area contributed by atoms with Crippen molar-refractivity contribution in [2.24, 2.45) is 0 Å². The van der Waals surface area contributed by atoms with Gasteiger partial charge in [0.1, 0.15) is 6.29 Å². The van der Waals surface area contributed by atoms with Gasteiger partial charge in [0.2, 0.25) is 5.91 Å². The summed E-state index contributed by atoms with van der Waals surface area (Å²) in [5.74, 6) is -0.0406. The highest BCUT2D eigenvalue weighted by atomic mass is 16.3. The van der Waals surface area contributed by atoms with Crippen molar-refractivity contribution < 1.29 is 14.7 Å². The first-order chi connectivity index (χ1) is 7.22. The van der Waals surface area contributed by atoms with Crippen LogP contribution in [-0.4, -0.2) is 53.5 Å². The van der Waals surface area contributed by atoms with Gasteiger partial charge >= 0.3 is 0 Å². The first-order valence-electron chi connectivity index (χ1n) is 5.39. The molecule has 2 heterocycles. The molecule has 5 nitrogen and oxygen atoms in total. The Hall–Kier alpha value is -0.940. The van der Waals surface area contributed by atoms with Crippen molar-refractivity contribution in [3.63, 3.8) is 0 Å². The van der Waals surface area contributed by atoms with Gasteiger partial charge in [0.05, 0.1) is 18.2 Å². The van der Waals surface area contributed by atoms with Crippen molar-refractivity contribution in [3.05, 3.63) is 0 Å². The monoisotopic (exact) mass is 212 g/mol. The number of β-amino-alcohol motifs (C(OH)–C–C–N with tert-alkyl or cyclic N) is 1. The van der Waals surface area contributed by atoms with E-state index in [-0.39, 0.29) is 11.9 Å². The van der Waals surface area contributed by atoms with Crippen LogP contribution in [0, 0.1) is 0 Å². The molecule has 2 aliphatic rings. The van der Waals surface area contributed by atoms with Crippen LogP contribution in [0.3, 0.4) is 0 Å². The molecule has 2 fully saturated rings. The quantitative estimate of drug-likeness (QED) is 0.570. The zero-order valence-electron chi connectivity index (χ0n) is 8.56. The Bertz CT molecular complexity index is 263. The second-order valence-electron chi connectivity index (χ2n) is 4.23. The van der Waals surface area contributed by atoms with Crippen LogP contribution < -0.4 is 5.32 Å². The van der Waals surface area contributed by atoms with E-state index in [1.54, 1.807) is 0 Å². The third-order valence-corrected chi connectivity index (χ3v) is 3.12. The van der Waals surface area contributed by atoms with Gasteiger partial charge in [-0.25, -0.2) is 0 Å². The molecule has 2 saturated heterocycles. The van der Waals surface area contributed by atoms with Gasteiger partial charge in [-0.3, -0.25) is 4.79 Å². The lowest BCUT2D eigenvalue weighted by molar-refractivity contribution is -0.136. The average molecular weight is 212 g/mol. The van der Waals surface area contributed by atoms with E-state index in [4.69, 9.17) is 0 Å². The largest absolute Gasteiger partial charge is 0.391 e. The summed E-state index contributed by atoms with van der Waals surface area (Å²) in [6.07, 6.45) is 2.41. The number of amides is 1. The molecule has 0 aliphatic carbocycles. The number of carbonyl (C=O) groups excluding carboxylic acids is 2. The van der Waals surface area contributed by atoms with Crippen molar-refractivity contribution in [3.8, 4) is 0 Å². The predicted molar refractivity (Wildman–Crippen MR) is 53.2 cm³/mol. The van der Waals surface area contributed by atoms with Gasteiger partial charge in [0.25, 0.3) is 0 Å². The first-order valence-corrected chi connectivity index (χ1v) is 5.39. The Balaban J connectivity index is 2.02. The van der Waals surface area contributed by atoms with Crippen LogP contribution >= 0.6 is 0 Å². The lowest BCUT2D eigenvalue weighted by atomic mass is 10.2. The number of likely N-dealkylation sites (tertiary alicyclic amines) is 1. The SMILES string of the molecule is O=C[C@H]1CC(O)CN1C(=O)[C@H]1CCCN1. The topological polar surface area (TPSA) is 69.6 Å². The van der Waals surface area contributed by atoms with Crippen LogP contribution in [-0.2, 0) is 9.59 Å². The zero-order valence-corrected chi connectivity index (χ0v) is 8.56. The van der Waals surface area contributed by atoms with Crippen molar-refractivity contribution in [2.75, 3.05) is 13.1 Å². The van der Waals surface area contributed by atoms with Gasteiger partial charge in [-0.15, -0.1) is 0 Å². The van der Waals surface area contributed by atoms with Crippen LogP contribution in [0.25, 0.3) is 0 Å². The third kappa shape index (κ3) is 2.03. The second kappa shape index (κ2) is 4.28. The van der Waals surface area contributed by atoms with E-state index >= 15 is 0 Å². The molecule has 0 radical (unpaired) electrons. The summed E-state index contributed by atoms with van der Waals surface area (Å²) < 4.78 is 0. The fourth-order valence-corrected chi connectivity index (χ4v) is 2.32. The molecule has 0 aromatic carbocycles. The molecule has 0 bridgehead atoms. The van der Waals surface area contributed by atoms with Crippen LogP contribution in [0.2, 0.25) is 0 Å². The molecular formula is C10H16N2O3. The van der Waals surface area contributed by atoms with E-state index in [0.717, 1.165) is 25.7 Å². The zero-order chi connectivity index (χ0) is 10.8. The Morgan fingerprint density at radius 2 is 2.33 bits per heavy atom. The van der Waals surface area contributed by atoms with Crippen LogP contribution in [0.1, 0.15) is 19.3 Å². The molecule has 5 heteroatoms. The number of aldehydes is 1. The predicted octanol–water partition coefficient (Wildman–Crippen LogP) is -1.10. The van der Waals surface area contributed by atoms with Gasteiger partial charge in [0.15, 0.2) is 0 Å². The molecule has 0 saturated carbocycles. The van der Waals surface area contributed by atoms with Crippen molar-refractivity contribution >= 4 is 12.2 Å². The summed E-state index contributed by atoms with van der Waals surface area (Å²) in [7, 11) is 0. The summed E-state index contributed by atoms with van der Waals surface area (Å²) in [4.78, 5) is 24.2. The molecule has 1 unspecified atom stereocenters. The number of rotatable bonds is 2. The van der Waals surface area contributed by atoms with E-state index < -0.39 is 12.1 Å². The maximum Gasteiger partial charge on any atom is 0.240 e. The molecule has 0 aromatic heterocycles. The van der Waals surface area contributed by atoms with E-state index in [2.05, 4.69) is 5.32 Å². The smallest absolute Gasteiger partial charge is 0.240 e. The molecule has 2 N–H and O–H groups in total. The number of carbonyl (C=O) groups is 2. The normalized spacial score (nSPS) is 35.8. The minimum atomic E-state index is -0.550. The van der Waals surface area contributed by atoms with Gasteiger partial charge in [-0.05, 0) is 19.4 Å². The number of nitrogens with one attached hydrogen (secondary N) is 1. The number of aliphatic hydroxyl groups is 1. The minimum Gasteiger partial charge on any atom is -0.391 e. The van der Waals surface area contributed by atoms with Crippen LogP contribution in [0.15, 0.2) is 0 Å². The molecule has 3 atom stereocenters. The summed E-state index contributed by atoms with van der Waals surface area (Å²) in [5.41, 5.74) is 0. The number of aliphatic hydroxyl groups excluding tert-OH is 1. The van der Waals surface area contributed by atoms with Crippen LogP contribution in [0.4, 0.5) is 0 Å². The minimum absolute atomic E-state index is 0.0406. The van der Waals surface area contributed by atoms with E-state index in [0.29, 0.717) is 13.0 Å². The fraction of sp³-hybridized carbons (Fsp3) is 0.800. The highest BCUT2D eigenvalue weighted by Gasteiger charge is 2.37. The molecule has 0 spiro atoms.